The third kappa shape index (κ3) is 5.07. The Kier molecular flexibility index (Phi) is 7.06. The summed E-state index contributed by atoms with van der Waals surface area (Å²) in [6, 6.07) is 4.85. The van der Waals surface area contributed by atoms with Gasteiger partial charge in [-0.1, -0.05) is 6.92 Å². The number of aliphatic imine (C=N–C) groups is 1. The van der Waals surface area contributed by atoms with Gasteiger partial charge in [-0.15, -0.1) is 24.0 Å². The minimum Gasteiger partial charge on any atom is -0.380 e. The lowest BCUT2D eigenvalue weighted by Crippen LogP contribution is -2.44. The van der Waals surface area contributed by atoms with Gasteiger partial charge in [0.2, 0.25) is 0 Å². The minimum absolute atomic E-state index is 0. The zero-order valence-corrected chi connectivity index (χ0v) is 17.0. The highest BCUT2D eigenvalue weighted by atomic mass is 127. The molecule has 1 aromatic heterocycles. The van der Waals surface area contributed by atoms with Gasteiger partial charge in [0.15, 0.2) is 5.96 Å². The van der Waals surface area contributed by atoms with Gasteiger partial charge in [0.1, 0.15) is 5.82 Å². The van der Waals surface area contributed by atoms with E-state index >= 15 is 0 Å². The first-order chi connectivity index (χ1) is 11.6. The minimum atomic E-state index is -0.218. The number of rotatable bonds is 6. The number of hydrogen-bond donors (Lipinski definition) is 3. The number of aromatic amines is 1. The monoisotopic (exact) mass is 460 g/mol. The number of ether oxygens (including phenoxy) is 1. The molecule has 1 aromatic carbocycles. The van der Waals surface area contributed by atoms with Crippen LogP contribution in [-0.4, -0.2) is 43.8 Å². The molecule has 1 aliphatic rings. The first-order valence-corrected chi connectivity index (χ1v) is 8.45. The van der Waals surface area contributed by atoms with Crippen LogP contribution in [0.5, 0.6) is 0 Å². The molecule has 0 atom stereocenters. The highest BCUT2D eigenvalue weighted by molar-refractivity contribution is 14.0. The Morgan fingerprint density at radius 3 is 2.84 bits per heavy atom. The van der Waals surface area contributed by atoms with Gasteiger partial charge >= 0.3 is 0 Å². The molecule has 3 rings (SSSR count). The van der Waals surface area contributed by atoms with Crippen molar-refractivity contribution in [2.45, 2.75) is 20.3 Å². The summed E-state index contributed by atoms with van der Waals surface area (Å²) in [5, 5.41) is 7.70. The number of halogens is 2. The summed E-state index contributed by atoms with van der Waals surface area (Å²) in [5.74, 6) is 0.612. The van der Waals surface area contributed by atoms with Gasteiger partial charge in [-0.25, -0.2) is 4.39 Å². The van der Waals surface area contributed by atoms with Crippen LogP contribution in [0.1, 0.15) is 19.4 Å². The van der Waals surface area contributed by atoms with Crippen LogP contribution in [0.2, 0.25) is 0 Å². The molecular formula is C18H26FIN4O. The normalized spacial score (nSPS) is 16.2. The fourth-order valence-electron chi connectivity index (χ4n) is 2.83. The number of guanidine groups is 1. The molecule has 0 radical (unpaired) electrons. The Labute approximate surface area is 164 Å². The summed E-state index contributed by atoms with van der Waals surface area (Å²) in [6.07, 6.45) is 2.79. The van der Waals surface area contributed by atoms with Gasteiger partial charge in [-0.2, -0.15) is 0 Å². The summed E-state index contributed by atoms with van der Waals surface area (Å²) in [7, 11) is 0. The third-order valence-electron chi connectivity index (χ3n) is 4.28. The van der Waals surface area contributed by atoms with Gasteiger partial charge in [-0.05, 0) is 37.1 Å². The number of fused-ring (bicyclic) bond motifs is 1. The predicted octanol–water partition coefficient (Wildman–Crippen LogP) is 3.06. The van der Waals surface area contributed by atoms with Crippen molar-refractivity contribution >= 4 is 40.8 Å². The molecule has 1 aliphatic heterocycles. The Morgan fingerprint density at radius 2 is 2.16 bits per heavy atom. The van der Waals surface area contributed by atoms with E-state index in [4.69, 9.17) is 4.74 Å². The summed E-state index contributed by atoms with van der Waals surface area (Å²) >= 11 is 0. The standard InChI is InChI=1S/C18H25FN4O.HI/c1-3-20-17(23-10-18(2)11-24-12-18)21-7-6-13-9-22-16-8-14(19)4-5-15(13)16;/h4-5,8-9,22H,3,6-7,10-12H2,1-2H3,(H2,20,21,23);1H. The Hall–Kier alpha value is -1.35. The molecule has 3 N–H and O–H groups in total. The number of aromatic nitrogens is 1. The summed E-state index contributed by atoms with van der Waals surface area (Å²) in [5.41, 5.74) is 2.18. The topological polar surface area (TPSA) is 61.4 Å². The SMILES string of the molecule is CCNC(=NCC1(C)COC1)NCCc1c[nH]c2cc(F)ccc12.I. The lowest BCUT2D eigenvalue weighted by molar-refractivity contribution is -0.0945. The second-order valence-corrected chi connectivity index (χ2v) is 6.68. The van der Waals surface area contributed by atoms with E-state index in [0.29, 0.717) is 0 Å². The van der Waals surface area contributed by atoms with Crippen LogP contribution in [0.3, 0.4) is 0 Å². The molecule has 25 heavy (non-hydrogen) atoms. The maximum atomic E-state index is 13.2. The van der Waals surface area contributed by atoms with Gasteiger partial charge < -0.3 is 20.4 Å². The number of H-pyrrole nitrogens is 1. The lowest BCUT2D eigenvalue weighted by Gasteiger charge is -2.36. The summed E-state index contributed by atoms with van der Waals surface area (Å²) < 4.78 is 18.5. The van der Waals surface area contributed by atoms with E-state index in [1.54, 1.807) is 0 Å². The largest absolute Gasteiger partial charge is 0.380 e. The van der Waals surface area contributed by atoms with E-state index in [1.165, 1.54) is 17.7 Å². The summed E-state index contributed by atoms with van der Waals surface area (Å²) in [6.45, 7) is 8.15. The van der Waals surface area contributed by atoms with E-state index in [1.807, 2.05) is 12.3 Å². The molecule has 0 bridgehead atoms. The molecule has 0 amide bonds. The summed E-state index contributed by atoms with van der Waals surface area (Å²) in [4.78, 5) is 7.78. The van der Waals surface area contributed by atoms with Gasteiger partial charge in [0.25, 0.3) is 0 Å². The molecule has 2 aromatic rings. The second kappa shape index (κ2) is 8.84. The quantitative estimate of drug-likeness (QED) is 0.353. The Bertz CT molecular complexity index is 727. The fraction of sp³-hybridized carbons (Fsp3) is 0.500. The number of nitrogens with one attached hydrogen (secondary N) is 3. The van der Waals surface area contributed by atoms with Crippen molar-refractivity contribution < 1.29 is 9.13 Å². The smallest absolute Gasteiger partial charge is 0.191 e. The van der Waals surface area contributed by atoms with Gasteiger partial charge in [0, 0.05) is 35.6 Å². The zero-order valence-electron chi connectivity index (χ0n) is 14.7. The van der Waals surface area contributed by atoms with E-state index in [9.17, 15) is 4.39 Å². The van der Waals surface area contributed by atoms with E-state index in [0.717, 1.165) is 56.1 Å². The van der Waals surface area contributed by atoms with Crippen LogP contribution in [-0.2, 0) is 11.2 Å². The van der Waals surface area contributed by atoms with E-state index in [2.05, 4.69) is 34.5 Å². The highest BCUT2D eigenvalue weighted by Crippen LogP contribution is 2.26. The van der Waals surface area contributed by atoms with Crippen LogP contribution in [0, 0.1) is 11.2 Å². The third-order valence-corrected chi connectivity index (χ3v) is 4.28. The number of hydrogen-bond acceptors (Lipinski definition) is 2. The van der Waals surface area contributed by atoms with Crippen molar-refractivity contribution in [3.05, 3.63) is 35.8 Å². The lowest BCUT2D eigenvalue weighted by atomic mass is 9.89. The van der Waals surface area contributed by atoms with Gasteiger partial charge in [-0.3, -0.25) is 4.99 Å². The van der Waals surface area contributed by atoms with Gasteiger partial charge in [0.05, 0.1) is 19.8 Å². The molecule has 2 heterocycles. The maximum absolute atomic E-state index is 13.2. The van der Waals surface area contributed by atoms with E-state index in [-0.39, 0.29) is 35.2 Å². The van der Waals surface area contributed by atoms with Crippen molar-refractivity contribution in [1.29, 1.82) is 0 Å². The van der Waals surface area contributed by atoms with Crippen molar-refractivity contribution in [2.24, 2.45) is 10.4 Å². The molecule has 5 nitrogen and oxygen atoms in total. The van der Waals surface area contributed by atoms with Crippen molar-refractivity contribution in [3.63, 3.8) is 0 Å². The van der Waals surface area contributed by atoms with Crippen LogP contribution in [0.4, 0.5) is 4.39 Å². The molecule has 0 saturated carbocycles. The van der Waals surface area contributed by atoms with Crippen LogP contribution >= 0.6 is 24.0 Å². The number of nitrogens with zero attached hydrogens (tertiary/aromatic N) is 1. The molecule has 7 heteroatoms. The molecule has 138 valence electrons. The van der Waals surface area contributed by atoms with Crippen molar-refractivity contribution in [1.82, 2.24) is 15.6 Å². The average Bonchev–Trinajstić information content (AvgIpc) is 2.93. The van der Waals surface area contributed by atoms with E-state index < -0.39 is 0 Å². The Morgan fingerprint density at radius 1 is 1.36 bits per heavy atom. The molecule has 0 aliphatic carbocycles. The Balaban J connectivity index is 0.00000225. The fourth-order valence-corrected chi connectivity index (χ4v) is 2.83. The predicted molar refractivity (Wildman–Crippen MR) is 110 cm³/mol. The second-order valence-electron chi connectivity index (χ2n) is 6.68. The molecule has 0 spiro atoms. The zero-order chi connectivity index (χ0) is 17.0. The highest BCUT2D eigenvalue weighted by Gasteiger charge is 2.33. The number of benzene rings is 1. The molecule has 1 saturated heterocycles. The average molecular weight is 460 g/mol. The maximum Gasteiger partial charge on any atom is 0.191 e. The van der Waals surface area contributed by atoms with Crippen molar-refractivity contribution in [3.8, 4) is 0 Å². The first-order valence-electron chi connectivity index (χ1n) is 8.45. The molecular weight excluding hydrogens is 434 g/mol. The van der Waals surface area contributed by atoms with Crippen LogP contribution < -0.4 is 10.6 Å². The van der Waals surface area contributed by atoms with Crippen LogP contribution in [0.15, 0.2) is 29.4 Å². The van der Waals surface area contributed by atoms with Crippen molar-refractivity contribution in [2.75, 3.05) is 32.8 Å². The molecule has 0 unspecified atom stereocenters. The van der Waals surface area contributed by atoms with Crippen LogP contribution in [0.25, 0.3) is 10.9 Å². The molecule has 1 fully saturated rings. The first kappa shape index (κ1) is 20.0.